The zero-order valence-corrected chi connectivity index (χ0v) is 19.8. The second-order valence-corrected chi connectivity index (χ2v) is 9.52. The maximum atomic E-state index is 13.1. The van der Waals surface area contributed by atoms with Gasteiger partial charge in [-0.3, -0.25) is 4.79 Å². The van der Waals surface area contributed by atoms with E-state index in [1.807, 2.05) is 45.0 Å². The van der Waals surface area contributed by atoms with E-state index in [0.29, 0.717) is 6.42 Å². The van der Waals surface area contributed by atoms with Crippen molar-refractivity contribution < 1.29 is 19.1 Å². The Hall–Kier alpha value is -2.60. The number of nitrogens with two attached hydrogens (primary N) is 1. The summed E-state index contributed by atoms with van der Waals surface area (Å²) >= 11 is 0. The average molecular weight is 431 g/mol. The van der Waals surface area contributed by atoms with Crippen LogP contribution in [0.2, 0.25) is 0 Å². The highest BCUT2D eigenvalue weighted by Crippen LogP contribution is 2.21. The van der Waals surface area contributed by atoms with E-state index in [0.717, 1.165) is 11.3 Å². The van der Waals surface area contributed by atoms with Gasteiger partial charge in [0.25, 0.3) is 0 Å². The molecule has 0 aliphatic heterocycles. The third-order valence-electron chi connectivity index (χ3n) is 4.18. The van der Waals surface area contributed by atoms with Crippen molar-refractivity contribution in [2.24, 2.45) is 5.73 Å². The highest BCUT2D eigenvalue weighted by Gasteiger charge is 2.34. The standard InChI is InChI=1S/C25H38N2O4/c1-9-11-20(26)22(28)27(16-10-2)21(23(29)31-25(6,7)8)17-18-12-14-19(15-13-18)30-24(3,4)5/h9-10,12-15,20-21H,1-2,11,16-17,26H2,3-8H3/t20-,21-/m0/s1. The van der Waals surface area contributed by atoms with Gasteiger partial charge in [0.2, 0.25) is 5.91 Å². The maximum Gasteiger partial charge on any atom is 0.329 e. The van der Waals surface area contributed by atoms with Gasteiger partial charge in [-0.2, -0.15) is 0 Å². The van der Waals surface area contributed by atoms with Gasteiger partial charge in [0, 0.05) is 13.0 Å². The lowest BCUT2D eigenvalue weighted by Gasteiger charge is -2.33. The monoisotopic (exact) mass is 430 g/mol. The lowest BCUT2D eigenvalue weighted by Crippen LogP contribution is -2.53. The van der Waals surface area contributed by atoms with E-state index < -0.39 is 23.7 Å². The predicted octanol–water partition coefficient (Wildman–Crippen LogP) is 4.03. The summed E-state index contributed by atoms with van der Waals surface area (Å²) in [5.74, 6) is -0.0936. The first-order chi connectivity index (χ1) is 14.3. The van der Waals surface area contributed by atoms with Gasteiger partial charge in [-0.1, -0.05) is 24.3 Å². The molecule has 1 aromatic carbocycles. The highest BCUT2D eigenvalue weighted by atomic mass is 16.6. The third kappa shape index (κ3) is 9.39. The SMILES string of the molecule is C=CC[C@H](N)C(=O)N(CC=C)[C@@H](Cc1ccc(OC(C)(C)C)cc1)C(=O)OC(C)(C)C. The fourth-order valence-electron chi connectivity index (χ4n) is 2.96. The molecule has 1 rings (SSSR count). The molecule has 0 saturated carbocycles. The molecule has 6 heteroatoms. The highest BCUT2D eigenvalue weighted by molar-refractivity contribution is 5.88. The fourth-order valence-corrected chi connectivity index (χ4v) is 2.96. The summed E-state index contributed by atoms with van der Waals surface area (Å²) in [6.45, 7) is 18.9. The molecule has 0 aromatic heterocycles. The van der Waals surface area contributed by atoms with Crippen LogP contribution in [0.15, 0.2) is 49.6 Å². The van der Waals surface area contributed by atoms with Crippen molar-refractivity contribution >= 4 is 11.9 Å². The molecule has 2 N–H and O–H groups in total. The van der Waals surface area contributed by atoms with E-state index in [1.165, 1.54) is 4.90 Å². The number of benzene rings is 1. The van der Waals surface area contributed by atoms with Crippen molar-refractivity contribution in [1.82, 2.24) is 4.90 Å². The first-order valence-electron chi connectivity index (χ1n) is 10.6. The van der Waals surface area contributed by atoms with Crippen molar-refractivity contribution in [1.29, 1.82) is 0 Å². The molecule has 0 fully saturated rings. The van der Waals surface area contributed by atoms with E-state index in [2.05, 4.69) is 13.2 Å². The van der Waals surface area contributed by atoms with Gasteiger partial charge < -0.3 is 20.1 Å². The molecule has 0 aliphatic carbocycles. The van der Waals surface area contributed by atoms with Gasteiger partial charge >= 0.3 is 5.97 Å². The summed E-state index contributed by atoms with van der Waals surface area (Å²) in [5.41, 5.74) is 5.90. The Morgan fingerprint density at radius 2 is 1.61 bits per heavy atom. The number of hydrogen-bond acceptors (Lipinski definition) is 5. The molecular weight excluding hydrogens is 392 g/mol. The molecule has 31 heavy (non-hydrogen) atoms. The minimum atomic E-state index is -0.838. The van der Waals surface area contributed by atoms with E-state index >= 15 is 0 Å². The van der Waals surface area contributed by atoms with Crippen LogP contribution in [0.4, 0.5) is 0 Å². The molecule has 0 heterocycles. The van der Waals surface area contributed by atoms with Gasteiger partial charge in [0.05, 0.1) is 6.04 Å². The topological polar surface area (TPSA) is 81.9 Å². The molecule has 0 saturated heterocycles. The van der Waals surface area contributed by atoms with Gasteiger partial charge in [0.15, 0.2) is 0 Å². The van der Waals surface area contributed by atoms with Crippen LogP contribution >= 0.6 is 0 Å². The molecule has 172 valence electrons. The minimum Gasteiger partial charge on any atom is -0.488 e. The molecule has 6 nitrogen and oxygen atoms in total. The number of carbonyl (C=O) groups excluding carboxylic acids is 2. The van der Waals surface area contributed by atoms with Crippen LogP contribution in [-0.4, -0.2) is 46.6 Å². The molecule has 1 amide bonds. The Labute approximate surface area is 187 Å². The lowest BCUT2D eigenvalue weighted by atomic mass is 10.0. The molecule has 0 radical (unpaired) electrons. The number of carbonyl (C=O) groups is 2. The predicted molar refractivity (Wildman–Crippen MR) is 125 cm³/mol. The van der Waals surface area contributed by atoms with Crippen LogP contribution in [0.25, 0.3) is 0 Å². The first-order valence-corrected chi connectivity index (χ1v) is 10.6. The van der Waals surface area contributed by atoms with Gasteiger partial charge in [-0.15, -0.1) is 13.2 Å². The summed E-state index contributed by atoms with van der Waals surface area (Å²) in [7, 11) is 0. The van der Waals surface area contributed by atoms with E-state index in [4.69, 9.17) is 15.2 Å². The Morgan fingerprint density at radius 3 is 2.06 bits per heavy atom. The summed E-state index contributed by atoms with van der Waals surface area (Å²) in [4.78, 5) is 27.5. The van der Waals surface area contributed by atoms with Gasteiger partial charge in [0.1, 0.15) is 23.0 Å². The number of nitrogens with zero attached hydrogens (tertiary/aromatic N) is 1. The Morgan fingerprint density at radius 1 is 1.03 bits per heavy atom. The summed E-state index contributed by atoms with van der Waals surface area (Å²) < 4.78 is 11.5. The van der Waals surface area contributed by atoms with Crippen LogP contribution in [0, 0.1) is 0 Å². The summed E-state index contributed by atoms with van der Waals surface area (Å²) in [6.07, 6.45) is 3.76. The van der Waals surface area contributed by atoms with Crippen molar-refractivity contribution in [3.8, 4) is 5.75 Å². The first kappa shape index (κ1) is 26.4. The molecule has 0 unspecified atom stereocenters. The zero-order valence-electron chi connectivity index (χ0n) is 19.8. The normalized spacial score (nSPS) is 13.6. The molecule has 2 atom stereocenters. The number of rotatable bonds is 10. The molecular formula is C25H38N2O4. The fraction of sp³-hybridized carbons (Fsp3) is 0.520. The molecule has 0 spiro atoms. The number of hydrogen-bond donors (Lipinski definition) is 1. The lowest BCUT2D eigenvalue weighted by molar-refractivity contribution is -0.164. The van der Waals surface area contributed by atoms with Crippen LogP contribution < -0.4 is 10.5 Å². The zero-order chi connectivity index (χ0) is 23.8. The quantitative estimate of drug-likeness (QED) is 0.448. The number of esters is 1. The van der Waals surface area contributed by atoms with E-state index in [-0.39, 0.29) is 24.5 Å². The second-order valence-electron chi connectivity index (χ2n) is 9.52. The largest absolute Gasteiger partial charge is 0.488 e. The van der Waals surface area contributed by atoms with Gasteiger partial charge in [-0.25, -0.2) is 4.79 Å². The second kappa shape index (κ2) is 11.1. The van der Waals surface area contributed by atoms with Crippen molar-refractivity contribution in [2.45, 2.75) is 77.7 Å². The minimum absolute atomic E-state index is 0.179. The summed E-state index contributed by atoms with van der Waals surface area (Å²) in [6, 6.07) is 5.86. The Bertz CT molecular complexity index is 757. The number of ether oxygens (including phenoxy) is 2. The summed E-state index contributed by atoms with van der Waals surface area (Å²) in [5, 5.41) is 0. The third-order valence-corrected chi connectivity index (χ3v) is 4.18. The van der Waals surface area contributed by atoms with Crippen molar-refractivity contribution in [3.05, 3.63) is 55.1 Å². The maximum absolute atomic E-state index is 13.1. The van der Waals surface area contributed by atoms with Crippen LogP contribution in [0.5, 0.6) is 5.75 Å². The molecule has 1 aromatic rings. The van der Waals surface area contributed by atoms with E-state index in [1.54, 1.807) is 32.9 Å². The van der Waals surface area contributed by atoms with Crippen molar-refractivity contribution in [3.63, 3.8) is 0 Å². The Balaban J connectivity index is 3.23. The number of amides is 1. The molecule has 0 bridgehead atoms. The molecule has 0 aliphatic rings. The average Bonchev–Trinajstić information content (AvgIpc) is 2.63. The smallest absolute Gasteiger partial charge is 0.329 e. The van der Waals surface area contributed by atoms with Gasteiger partial charge in [-0.05, 0) is 65.7 Å². The van der Waals surface area contributed by atoms with Crippen LogP contribution in [0.1, 0.15) is 53.5 Å². The van der Waals surface area contributed by atoms with Crippen molar-refractivity contribution in [2.75, 3.05) is 6.54 Å². The Kier molecular flexibility index (Phi) is 9.50. The van der Waals surface area contributed by atoms with Crippen LogP contribution in [-0.2, 0) is 20.7 Å². The van der Waals surface area contributed by atoms with E-state index in [9.17, 15) is 9.59 Å². The van der Waals surface area contributed by atoms with Crippen LogP contribution in [0.3, 0.4) is 0 Å².